The molecule has 0 saturated carbocycles. The predicted molar refractivity (Wildman–Crippen MR) is 267 cm³/mol. The van der Waals surface area contributed by atoms with Crippen LogP contribution in [0.4, 0.5) is 8.78 Å². The van der Waals surface area contributed by atoms with Crippen molar-refractivity contribution in [3.8, 4) is 73.1 Å². The first-order valence-electron chi connectivity index (χ1n) is 21.9. The van der Waals surface area contributed by atoms with Crippen molar-refractivity contribution in [1.29, 1.82) is 5.26 Å². The minimum Gasteiger partial charge on any atom is -0.309 e. The van der Waals surface area contributed by atoms with Gasteiger partial charge in [-0.05, 0) is 117 Å². The number of halogens is 2. The zero-order valence-corrected chi connectivity index (χ0v) is 35.5. The SMILES string of the molecule is N#Cc1cc(F)c(-c2cc(-n3c4ccc(-c5ccccc5)cc4c4ccc(-c5ccccc5)cc43)cc(-n3c4ccc(-c5ccccc5)cc4c4ccc(-c5ccccc5)cc43)c2)c(F)c1. The van der Waals surface area contributed by atoms with Crippen LogP contribution >= 0.6 is 0 Å². The molecule has 0 radical (unpaired) electrons. The summed E-state index contributed by atoms with van der Waals surface area (Å²) in [5.41, 5.74) is 13.9. The first kappa shape index (κ1) is 38.8. The van der Waals surface area contributed by atoms with Crippen LogP contribution in [0, 0.1) is 23.0 Å². The van der Waals surface area contributed by atoms with Gasteiger partial charge in [-0.15, -0.1) is 0 Å². The van der Waals surface area contributed by atoms with Crippen LogP contribution in [0.15, 0.2) is 224 Å². The molecule has 0 amide bonds. The van der Waals surface area contributed by atoms with Crippen molar-refractivity contribution < 1.29 is 8.78 Å². The molecule has 0 spiro atoms. The lowest BCUT2D eigenvalue weighted by Crippen LogP contribution is -2.02. The van der Waals surface area contributed by atoms with Gasteiger partial charge in [0.05, 0.1) is 39.3 Å². The second-order valence-electron chi connectivity index (χ2n) is 16.7. The molecule has 3 nitrogen and oxygen atoms in total. The average molecular weight is 850 g/mol. The Hall–Kier alpha value is -8.85. The molecule has 310 valence electrons. The highest BCUT2D eigenvalue weighted by atomic mass is 19.1. The second-order valence-corrected chi connectivity index (χ2v) is 16.7. The molecule has 0 fully saturated rings. The quantitative estimate of drug-likeness (QED) is 0.157. The summed E-state index contributed by atoms with van der Waals surface area (Å²) in [7, 11) is 0. The van der Waals surface area contributed by atoms with Crippen LogP contribution in [0.5, 0.6) is 0 Å². The average Bonchev–Trinajstić information content (AvgIpc) is 3.88. The maximum Gasteiger partial charge on any atom is 0.135 e. The Morgan fingerprint density at radius 3 is 1.05 bits per heavy atom. The van der Waals surface area contributed by atoms with E-state index in [1.54, 1.807) is 0 Å². The Morgan fingerprint density at radius 2 is 0.667 bits per heavy atom. The summed E-state index contributed by atoms with van der Waals surface area (Å²) in [5, 5.41) is 13.9. The maximum atomic E-state index is 16.4. The van der Waals surface area contributed by atoms with Crippen LogP contribution < -0.4 is 0 Å². The lowest BCUT2D eigenvalue weighted by Gasteiger charge is -2.17. The Labute approximate surface area is 379 Å². The molecule has 0 N–H and O–H groups in total. The molecular weight excluding hydrogens is 813 g/mol. The molecule has 0 aliphatic heterocycles. The van der Waals surface area contributed by atoms with Crippen molar-refractivity contribution in [2.75, 3.05) is 0 Å². The molecule has 12 rings (SSSR count). The van der Waals surface area contributed by atoms with Gasteiger partial charge in [0.25, 0.3) is 0 Å². The smallest absolute Gasteiger partial charge is 0.135 e. The van der Waals surface area contributed by atoms with E-state index in [-0.39, 0.29) is 11.1 Å². The summed E-state index contributed by atoms with van der Waals surface area (Å²) in [6.07, 6.45) is 0. The summed E-state index contributed by atoms with van der Waals surface area (Å²) in [5.74, 6) is -1.62. The van der Waals surface area contributed by atoms with Gasteiger partial charge in [0, 0.05) is 32.9 Å². The van der Waals surface area contributed by atoms with E-state index in [0.717, 1.165) is 112 Å². The first-order valence-corrected chi connectivity index (χ1v) is 21.9. The highest BCUT2D eigenvalue weighted by molar-refractivity contribution is 6.13. The Morgan fingerprint density at radius 1 is 0.303 bits per heavy atom. The Kier molecular flexibility index (Phi) is 9.25. The van der Waals surface area contributed by atoms with Crippen LogP contribution in [0.2, 0.25) is 0 Å². The molecule has 0 aliphatic carbocycles. The highest BCUT2D eigenvalue weighted by Gasteiger charge is 2.22. The third kappa shape index (κ3) is 6.55. The fourth-order valence-electron chi connectivity index (χ4n) is 9.75. The fraction of sp³-hybridized carbons (Fsp3) is 0. The highest BCUT2D eigenvalue weighted by Crippen LogP contribution is 2.42. The fourth-order valence-corrected chi connectivity index (χ4v) is 9.75. The number of nitrogens with zero attached hydrogens (tertiary/aromatic N) is 3. The Balaban J connectivity index is 1.19. The van der Waals surface area contributed by atoms with E-state index >= 15 is 8.78 Å². The molecule has 0 aliphatic rings. The number of hydrogen-bond donors (Lipinski definition) is 0. The predicted octanol–water partition coefficient (Wildman–Crippen LogP) is 16.4. The van der Waals surface area contributed by atoms with Gasteiger partial charge in [0.2, 0.25) is 0 Å². The van der Waals surface area contributed by atoms with Gasteiger partial charge in [0.15, 0.2) is 0 Å². The second kappa shape index (κ2) is 15.7. The van der Waals surface area contributed by atoms with Crippen molar-refractivity contribution in [3.05, 3.63) is 242 Å². The number of benzene rings is 10. The number of hydrogen-bond acceptors (Lipinski definition) is 1. The first-order chi connectivity index (χ1) is 32.5. The van der Waals surface area contributed by atoms with E-state index in [1.165, 1.54) is 0 Å². The van der Waals surface area contributed by atoms with Crippen molar-refractivity contribution >= 4 is 43.6 Å². The van der Waals surface area contributed by atoms with Gasteiger partial charge >= 0.3 is 0 Å². The summed E-state index contributed by atoms with van der Waals surface area (Å²) in [6, 6.07) is 77.4. The standard InChI is InChI=1S/C61H37F2N3/c62-55-29-39(38-64)30-56(63)61(55)48-31-49(65-57-27-23-44(40-13-5-1-6-14-40)33-53(57)51-25-21-46(35-59(51)65)42-17-9-3-10-18-42)37-50(32-48)66-58-28-24-45(41-15-7-2-8-16-41)34-54(58)52-26-22-47(36-60(52)66)43-19-11-4-12-20-43/h1-37H. The van der Waals surface area contributed by atoms with Gasteiger partial charge in [-0.1, -0.05) is 158 Å². The van der Waals surface area contributed by atoms with Crippen LogP contribution in [0.3, 0.4) is 0 Å². The van der Waals surface area contributed by atoms with Gasteiger partial charge in [-0.2, -0.15) is 5.26 Å². The number of nitriles is 1. The van der Waals surface area contributed by atoms with Crippen LogP contribution in [-0.2, 0) is 0 Å². The van der Waals surface area contributed by atoms with Gasteiger partial charge in [-0.3, -0.25) is 0 Å². The van der Waals surface area contributed by atoms with E-state index in [1.807, 2.05) is 91.0 Å². The van der Waals surface area contributed by atoms with Crippen LogP contribution in [0.1, 0.15) is 5.56 Å². The molecule has 5 heteroatoms. The van der Waals surface area contributed by atoms with E-state index in [0.29, 0.717) is 5.56 Å². The van der Waals surface area contributed by atoms with Gasteiger partial charge in [0.1, 0.15) is 11.6 Å². The minimum absolute atomic E-state index is 0.0831. The van der Waals surface area contributed by atoms with E-state index < -0.39 is 11.6 Å². The van der Waals surface area contributed by atoms with Crippen molar-refractivity contribution in [3.63, 3.8) is 0 Å². The molecule has 0 atom stereocenters. The third-order valence-electron chi connectivity index (χ3n) is 12.8. The van der Waals surface area contributed by atoms with Gasteiger partial charge in [-0.25, -0.2) is 8.78 Å². The van der Waals surface area contributed by atoms with E-state index in [4.69, 9.17) is 0 Å². The molecule has 66 heavy (non-hydrogen) atoms. The molecule has 2 aromatic heterocycles. The third-order valence-corrected chi connectivity index (χ3v) is 12.8. The largest absolute Gasteiger partial charge is 0.309 e. The van der Waals surface area contributed by atoms with Crippen LogP contribution in [-0.4, -0.2) is 9.13 Å². The van der Waals surface area contributed by atoms with Crippen molar-refractivity contribution in [2.45, 2.75) is 0 Å². The molecule has 0 bridgehead atoms. The summed E-state index contributed by atoms with van der Waals surface area (Å²) < 4.78 is 37.3. The lowest BCUT2D eigenvalue weighted by molar-refractivity contribution is 0.589. The minimum atomic E-state index is -0.808. The Bertz CT molecular complexity index is 3640. The normalized spacial score (nSPS) is 11.5. The molecule has 10 aromatic carbocycles. The number of fused-ring (bicyclic) bond motifs is 6. The zero-order valence-electron chi connectivity index (χ0n) is 35.5. The van der Waals surface area contributed by atoms with Crippen LogP contribution in [0.25, 0.3) is 111 Å². The topological polar surface area (TPSA) is 33.6 Å². The molecule has 2 heterocycles. The van der Waals surface area contributed by atoms with E-state index in [2.05, 4.69) is 137 Å². The number of aromatic nitrogens is 2. The monoisotopic (exact) mass is 849 g/mol. The summed E-state index contributed by atoms with van der Waals surface area (Å²) in [6.45, 7) is 0. The molecule has 0 unspecified atom stereocenters. The van der Waals surface area contributed by atoms with Gasteiger partial charge < -0.3 is 9.13 Å². The van der Waals surface area contributed by atoms with Crippen molar-refractivity contribution in [1.82, 2.24) is 9.13 Å². The molecular formula is C61H37F2N3. The molecule has 0 saturated heterocycles. The lowest BCUT2D eigenvalue weighted by atomic mass is 10.0. The zero-order chi connectivity index (χ0) is 44.3. The summed E-state index contributed by atoms with van der Waals surface area (Å²) in [4.78, 5) is 0. The maximum absolute atomic E-state index is 16.4. The molecule has 12 aromatic rings. The van der Waals surface area contributed by atoms with Crippen molar-refractivity contribution in [2.24, 2.45) is 0 Å². The van der Waals surface area contributed by atoms with E-state index in [9.17, 15) is 5.26 Å². The summed E-state index contributed by atoms with van der Waals surface area (Å²) >= 11 is 0. The number of rotatable bonds is 7.